The third-order valence-electron chi connectivity index (χ3n) is 5.70. The van der Waals surface area contributed by atoms with Gasteiger partial charge in [0.1, 0.15) is 17.7 Å². The van der Waals surface area contributed by atoms with E-state index in [1.165, 1.54) is 0 Å². The number of anilines is 1. The Morgan fingerprint density at radius 1 is 1.23 bits per heavy atom. The maximum absolute atomic E-state index is 14.7. The van der Waals surface area contributed by atoms with E-state index in [0.29, 0.717) is 6.92 Å². The Bertz CT molecular complexity index is 985. The largest absolute Gasteiger partial charge is 0.442 e. The quantitative estimate of drug-likeness (QED) is 0.691. The number of ether oxygens (including phenoxy) is 1. The third-order valence-corrected chi connectivity index (χ3v) is 7.48. The molecule has 2 amide bonds. The van der Waals surface area contributed by atoms with Gasteiger partial charge in [-0.25, -0.2) is 22.0 Å². The molecule has 0 bridgehead atoms. The highest BCUT2D eigenvalue weighted by Gasteiger charge is 2.60. The first-order valence-electron chi connectivity index (χ1n) is 9.21. The van der Waals surface area contributed by atoms with Gasteiger partial charge in [-0.05, 0) is 29.9 Å². The van der Waals surface area contributed by atoms with Crippen LogP contribution in [-0.4, -0.2) is 57.0 Å². The molecule has 0 spiro atoms. The van der Waals surface area contributed by atoms with Crippen LogP contribution in [0.15, 0.2) is 12.1 Å². The summed E-state index contributed by atoms with van der Waals surface area (Å²) in [6, 6.07) is 1.92. The number of alkyl halides is 2. The second-order valence-electron chi connectivity index (χ2n) is 7.97. The van der Waals surface area contributed by atoms with Crippen LogP contribution >= 0.6 is 0 Å². The summed E-state index contributed by atoms with van der Waals surface area (Å²) in [5.41, 5.74) is -0.308. The molecule has 1 saturated carbocycles. The molecule has 164 valence electrons. The fourth-order valence-electron chi connectivity index (χ4n) is 4.23. The van der Waals surface area contributed by atoms with Gasteiger partial charge >= 0.3 is 12.0 Å². The maximum Gasteiger partial charge on any atom is 0.414 e. The second-order valence-corrected chi connectivity index (χ2v) is 10.1. The van der Waals surface area contributed by atoms with Crippen LogP contribution in [0.4, 0.5) is 28.0 Å². The third kappa shape index (κ3) is 3.72. The molecule has 2 aliphatic heterocycles. The Morgan fingerprint density at radius 3 is 2.33 bits per heavy atom. The number of sulfone groups is 1. The minimum atomic E-state index is -3.59. The van der Waals surface area contributed by atoms with Crippen LogP contribution in [0.1, 0.15) is 18.4 Å². The van der Waals surface area contributed by atoms with Gasteiger partial charge in [0.25, 0.3) is 5.91 Å². The molecule has 1 unspecified atom stereocenters. The van der Waals surface area contributed by atoms with E-state index < -0.39 is 51.4 Å². The number of cyclic esters (lactones) is 1. The minimum Gasteiger partial charge on any atom is -0.442 e. The molecule has 1 N–H and O–H groups in total. The molecule has 12 heteroatoms. The average Bonchev–Trinajstić information content (AvgIpc) is 2.96. The van der Waals surface area contributed by atoms with E-state index in [1.807, 2.05) is 5.32 Å². The number of carbonyl (C=O) groups excluding carboxylic acids is 2. The van der Waals surface area contributed by atoms with Crippen molar-refractivity contribution in [3.63, 3.8) is 0 Å². The summed E-state index contributed by atoms with van der Waals surface area (Å²) in [6.45, 7) is -0.154. The fourth-order valence-corrected chi connectivity index (χ4v) is 6.45. The lowest BCUT2D eigenvalue weighted by Gasteiger charge is -2.16. The molecular weight excluding hydrogens is 432 g/mol. The molecule has 4 atom stereocenters. The number of halogens is 4. The molecule has 3 fully saturated rings. The number of amides is 2. The highest BCUT2D eigenvalue weighted by molar-refractivity contribution is 7.91. The van der Waals surface area contributed by atoms with Gasteiger partial charge in [0.2, 0.25) is 0 Å². The van der Waals surface area contributed by atoms with Gasteiger partial charge in [0.05, 0.1) is 30.3 Å². The van der Waals surface area contributed by atoms with Crippen LogP contribution in [0, 0.1) is 23.5 Å². The Labute approximate surface area is 169 Å². The van der Waals surface area contributed by atoms with Crippen molar-refractivity contribution in [2.75, 3.05) is 29.5 Å². The zero-order valence-electron chi connectivity index (χ0n) is 15.7. The van der Waals surface area contributed by atoms with Crippen LogP contribution in [0.3, 0.4) is 0 Å². The molecule has 1 aliphatic carbocycles. The van der Waals surface area contributed by atoms with Crippen molar-refractivity contribution in [1.82, 2.24) is 5.32 Å². The summed E-state index contributed by atoms with van der Waals surface area (Å²) in [4.78, 5) is 24.2. The molecule has 0 radical (unpaired) electrons. The summed E-state index contributed by atoms with van der Waals surface area (Å²) in [6.07, 6.45) is -1.90. The van der Waals surface area contributed by atoms with Crippen molar-refractivity contribution in [3.8, 4) is 0 Å². The summed E-state index contributed by atoms with van der Waals surface area (Å²) < 4.78 is 83.1. The highest BCUT2D eigenvalue weighted by atomic mass is 32.2. The predicted octanol–water partition coefficient (Wildman–Crippen LogP) is 1.82. The van der Waals surface area contributed by atoms with E-state index in [0.717, 1.165) is 17.0 Å². The highest BCUT2D eigenvalue weighted by Crippen LogP contribution is 2.60. The normalized spacial score (nSPS) is 29.5. The van der Waals surface area contributed by atoms with E-state index in [9.17, 15) is 35.6 Å². The first kappa shape index (κ1) is 20.9. The van der Waals surface area contributed by atoms with Crippen LogP contribution in [-0.2, 0) is 19.4 Å². The lowest BCUT2D eigenvalue weighted by molar-refractivity contribution is -0.143. The Kier molecular flexibility index (Phi) is 4.75. The van der Waals surface area contributed by atoms with Crippen molar-refractivity contribution in [2.45, 2.75) is 24.9 Å². The minimum absolute atomic E-state index is 0.0916. The molecule has 1 aromatic rings. The number of rotatable bonds is 5. The summed E-state index contributed by atoms with van der Waals surface area (Å²) in [5, 5.41) is 1.95. The lowest BCUT2D eigenvalue weighted by Crippen LogP contribution is -2.42. The SMILES string of the molecule is CC(F)(F)C(=O)NC[C@H]1CN(c2cc(F)c(C3[C@H]4CS(=O)(=O)C[C@@H]34)c(F)c2)C(=O)O1. The lowest BCUT2D eigenvalue weighted by atomic mass is 10.1. The smallest absolute Gasteiger partial charge is 0.414 e. The fraction of sp³-hybridized carbons (Fsp3) is 0.556. The van der Waals surface area contributed by atoms with Gasteiger partial charge in [-0.2, -0.15) is 8.78 Å². The topological polar surface area (TPSA) is 92.8 Å². The Hall–Kier alpha value is -2.37. The van der Waals surface area contributed by atoms with Gasteiger partial charge in [-0.15, -0.1) is 0 Å². The molecular formula is C18H18F4N2O5S. The van der Waals surface area contributed by atoms with E-state index in [2.05, 4.69) is 0 Å². The molecule has 0 aromatic heterocycles. The molecule has 4 rings (SSSR count). The first-order chi connectivity index (χ1) is 13.9. The number of carbonyl (C=O) groups is 2. The summed E-state index contributed by atoms with van der Waals surface area (Å²) in [7, 11) is -3.16. The number of benzene rings is 1. The van der Waals surface area contributed by atoms with E-state index in [1.54, 1.807) is 0 Å². The van der Waals surface area contributed by atoms with E-state index in [4.69, 9.17) is 4.74 Å². The molecule has 2 heterocycles. The monoisotopic (exact) mass is 450 g/mol. The number of hydrogen-bond donors (Lipinski definition) is 1. The number of fused-ring (bicyclic) bond motifs is 1. The maximum atomic E-state index is 14.7. The van der Waals surface area contributed by atoms with E-state index in [-0.39, 0.29) is 47.7 Å². The number of nitrogens with zero attached hydrogens (tertiary/aromatic N) is 1. The Balaban J connectivity index is 1.45. The van der Waals surface area contributed by atoms with Crippen LogP contribution < -0.4 is 10.2 Å². The van der Waals surface area contributed by atoms with Gasteiger partial charge in [-0.1, -0.05) is 0 Å². The van der Waals surface area contributed by atoms with Crippen molar-refractivity contribution in [2.24, 2.45) is 11.8 Å². The number of hydrogen-bond acceptors (Lipinski definition) is 5. The first-order valence-corrected chi connectivity index (χ1v) is 11.0. The van der Waals surface area contributed by atoms with Crippen LogP contribution in [0.2, 0.25) is 0 Å². The second kappa shape index (κ2) is 6.82. The standard InChI is InChI=1S/C18H18F4N2O5S/c1-18(21,22)16(25)23-4-9-5-24(17(26)29-9)8-2-12(19)15(13(20)3-8)14-10-6-30(27,28)7-11(10)14/h2-3,9-11,14H,4-7H2,1H3,(H,23,25)/t9-,10-,11+,14?/m0/s1. The molecule has 3 aliphatic rings. The average molecular weight is 450 g/mol. The van der Waals surface area contributed by atoms with Crippen LogP contribution in [0.5, 0.6) is 0 Å². The molecule has 7 nitrogen and oxygen atoms in total. The van der Waals surface area contributed by atoms with Gasteiger partial charge < -0.3 is 10.1 Å². The van der Waals surface area contributed by atoms with Gasteiger partial charge in [-0.3, -0.25) is 9.69 Å². The number of nitrogens with one attached hydrogen (secondary N) is 1. The van der Waals surface area contributed by atoms with Crippen molar-refractivity contribution < 1.29 is 40.3 Å². The zero-order valence-corrected chi connectivity index (χ0v) is 16.5. The van der Waals surface area contributed by atoms with Crippen molar-refractivity contribution in [3.05, 3.63) is 29.3 Å². The Morgan fingerprint density at radius 2 is 1.80 bits per heavy atom. The van der Waals surface area contributed by atoms with Crippen molar-refractivity contribution >= 4 is 27.5 Å². The molecule has 2 saturated heterocycles. The molecule has 1 aromatic carbocycles. The van der Waals surface area contributed by atoms with Crippen molar-refractivity contribution in [1.29, 1.82) is 0 Å². The zero-order chi connectivity index (χ0) is 22.0. The summed E-state index contributed by atoms with van der Waals surface area (Å²) in [5.74, 6) is -8.20. The van der Waals surface area contributed by atoms with Gasteiger partial charge in [0.15, 0.2) is 9.84 Å². The van der Waals surface area contributed by atoms with Crippen LogP contribution in [0.25, 0.3) is 0 Å². The predicted molar refractivity (Wildman–Crippen MR) is 96.0 cm³/mol. The molecule has 30 heavy (non-hydrogen) atoms. The summed E-state index contributed by atoms with van der Waals surface area (Å²) >= 11 is 0. The van der Waals surface area contributed by atoms with E-state index >= 15 is 0 Å². The van der Waals surface area contributed by atoms with Gasteiger partial charge in [0, 0.05) is 12.5 Å².